The molecule has 3 rings (SSSR count). The number of fused-ring (bicyclic) bond motifs is 2. The van der Waals surface area contributed by atoms with E-state index in [9.17, 15) is 0 Å². The summed E-state index contributed by atoms with van der Waals surface area (Å²) in [7, 11) is 0. The van der Waals surface area contributed by atoms with Crippen LogP contribution in [0.3, 0.4) is 0 Å². The lowest BCUT2D eigenvalue weighted by atomic mass is 9.88. The zero-order chi connectivity index (χ0) is 12.8. The van der Waals surface area contributed by atoms with Gasteiger partial charge in [-0.15, -0.1) is 0 Å². The maximum atomic E-state index is 5.06. The third-order valence-electron chi connectivity index (χ3n) is 4.61. The van der Waals surface area contributed by atoms with Crippen LogP contribution >= 0.6 is 0 Å². The molecule has 2 bridgehead atoms. The summed E-state index contributed by atoms with van der Waals surface area (Å²) >= 11 is 0. The molecule has 2 aliphatic heterocycles. The van der Waals surface area contributed by atoms with Gasteiger partial charge in [-0.3, -0.25) is 9.89 Å². The summed E-state index contributed by atoms with van der Waals surface area (Å²) in [6.45, 7) is 9.31. The first-order valence-corrected chi connectivity index (χ1v) is 6.97. The van der Waals surface area contributed by atoms with Crippen molar-refractivity contribution < 1.29 is 0 Å². The summed E-state index contributed by atoms with van der Waals surface area (Å²) in [5, 5.41) is 0. The third kappa shape index (κ3) is 1.79. The molecule has 2 fully saturated rings. The molecule has 2 saturated heterocycles. The normalized spacial score (nSPS) is 32.9. The van der Waals surface area contributed by atoms with Crippen LogP contribution in [0.15, 0.2) is 35.3 Å². The van der Waals surface area contributed by atoms with Crippen LogP contribution in [0.25, 0.3) is 0 Å². The molecule has 2 aliphatic rings. The van der Waals surface area contributed by atoms with E-state index in [1.165, 1.54) is 30.8 Å². The molecule has 0 aromatic heterocycles. The van der Waals surface area contributed by atoms with Crippen LogP contribution in [0.5, 0.6) is 0 Å². The molecule has 1 aromatic rings. The van der Waals surface area contributed by atoms with E-state index >= 15 is 0 Å². The number of hydrogen-bond acceptors (Lipinski definition) is 2. The first kappa shape index (κ1) is 11.9. The molecule has 18 heavy (non-hydrogen) atoms. The molecule has 0 amide bonds. The summed E-state index contributed by atoms with van der Waals surface area (Å²) in [6, 6.07) is 10.9. The lowest BCUT2D eigenvalue weighted by Crippen LogP contribution is -2.45. The fourth-order valence-corrected chi connectivity index (χ4v) is 3.43. The van der Waals surface area contributed by atoms with Gasteiger partial charge in [0.15, 0.2) is 0 Å². The molecule has 2 heterocycles. The fraction of sp³-hybridized carbons (Fsp3) is 0.562. The highest BCUT2D eigenvalue weighted by molar-refractivity contribution is 5.98. The molecule has 2 nitrogen and oxygen atoms in total. The second-order valence-corrected chi connectivity index (χ2v) is 6.09. The van der Waals surface area contributed by atoms with E-state index in [1.807, 2.05) is 0 Å². The van der Waals surface area contributed by atoms with E-state index in [4.69, 9.17) is 4.99 Å². The SMILES string of the molecule is CC(N=C1C2CCN(C2)C1(C)C)c1ccccc1. The van der Waals surface area contributed by atoms with Crippen LogP contribution < -0.4 is 0 Å². The van der Waals surface area contributed by atoms with Crippen molar-refractivity contribution in [1.29, 1.82) is 0 Å². The second kappa shape index (κ2) is 4.20. The molecule has 3 unspecified atom stereocenters. The molecule has 0 aliphatic carbocycles. The lowest BCUT2D eigenvalue weighted by Gasteiger charge is -2.34. The Morgan fingerprint density at radius 1 is 1.28 bits per heavy atom. The van der Waals surface area contributed by atoms with Gasteiger partial charge < -0.3 is 0 Å². The summed E-state index contributed by atoms with van der Waals surface area (Å²) in [5.74, 6) is 0.700. The molecule has 0 saturated carbocycles. The van der Waals surface area contributed by atoms with Crippen molar-refractivity contribution in [3.63, 3.8) is 0 Å². The quantitative estimate of drug-likeness (QED) is 0.777. The van der Waals surface area contributed by atoms with Crippen molar-refractivity contribution in [2.45, 2.75) is 38.8 Å². The van der Waals surface area contributed by atoms with Crippen molar-refractivity contribution >= 4 is 5.71 Å². The van der Waals surface area contributed by atoms with E-state index in [1.54, 1.807) is 0 Å². The van der Waals surface area contributed by atoms with Crippen molar-refractivity contribution in [1.82, 2.24) is 4.90 Å². The minimum Gasteiger partial charge on any atom is -0.292 e. The van der Waals surface area contributed by atoms with Crippen LogP contribution in [0.1, 0.15) is 38.8 Å². The summed E-state index contributed by atoms with van der Waals surface area (Å²) < 4.78 is 0. The van der Waals surface area contributed by atoms with E-state index in [2.05, 4.69) is 56.0 Å². The first-order valence-electron chi connectivity index (χ1n) is 6.97. The van der Waals surface area contributed by atoms with E-state index < -0.39 is 0 Å². The van der Waals surface area contributed by atoms with Gasteiger partial charge in [0, 0.05) is 18.2 Å². The van der Waals surface area contributed by atoms with Gasteiger partial charge >= 0.3 is 0 Å². The zero-order valence-corrected chi connectivity index (χ0v) is 11.6. The van der Waals surface area contributed by atoms with Crippen LogP contribution in [0.2, 0.25) is 0 Å². The Balaban J connectivity index is 1.89. The molecular weight excluding hydrogens is 220 g/mol. The Kier molecular flexibility index (Phi) is 2.78. The maximum Gasteiger partial charge on any atom is 0.0721 e. The molecule has 0 radical (unpaired) electrons. The Morgan fingerprint density at radius 2 is 2.00 bits per heavy atom. The summed E-state index contributed by atoms with van der Waals surface area (Å²) in [5.41, 5.74) is 2.91. The maximum absolute atomic E-state index is 5.06. The van der Waals surface area contributed by atoms with E-state index in [-0.39, 0.29) is 11.6 Å². The topological polar surface area (TPSA) is 15.6 Å². The summed E-state index contributed by atoms with van der Waals surface area (Å²) in [4.78, 5) is 7.63. The minimum absolute atomic E-state index is 0.173. The Morgan fingerprint density at radius 3 is 2.61 bits per heavy atom. The van der Waals surface area contributed by atoms with Gasteiger partial charge in [0.1, 0.15) is 0 Å². The Labute approximate surface area is 110 Å². The average Bonchev–Trinajstić information content (AvgIpc) is 2.93. The molecular formula is C16H22N2. The highest BCUT2D eigenvalue weighted by Gasteiger charge is 2.48. The molecule has 2 heteroatoms. The Bertz CT molecular complexity index is 461. The molecule has 96 valence electrons. The highest BCUT2D eigenvalue weighted by atomic mass is 15.3. The van der Waals surface area contributed by atoms with Gasteiger partial charge in [-0.05, 0) is 39.3 Å². The van der Waals surface area contributed by atoms with E-state index in [0.717, 1.165) is 0 Å². The molecule has 0 spiro atoms. The smallest absolute Gasteiger partial charge is 0.0721 e. The fourth-order valence-electron chi connectivity index (χ4n) is 3.43. The molecule has 1 aromatic carbocycles. The van der Waals surface area contributed by atoms with Gasteiger partial charge in [-0.25, -0.2) is 0 Å². The lowest BCUT2D eigenvalue weighted by molar-refractivity contribution is 0.239. The van der Waals surface area contributed by atoms with Crippen LogP contribution in [0.4, 0.5) is 0 Å². The summed E-state index contributed by atoms with van der Waals surface area (Å²) in [6.07, 6.45) is 1.30. The minimum atomic E-state index is 0.173. The van der Waals surface area contributed by atoms with Crippen molar-refractivity contribution in [2.24, 2.45) is 10.9 Å². The zero-order valence-electron chi connectivity index (χ0n) is 11.6. The van der Waals surface area contributed by atoms with Crippen molar-refractivity contribution in [2.75, 3.05) is 13.1 Å². The number of piperidine rings is 1. The van der Waals surface area contributed by atoms with Gasteiger partial charge in [0.25, 0.3) is 0 Å². The van der Waals surface area contributed by atoms with Crippen LogP contribution in [-0.2, 0) is 0 Å². The standard InChI is InChI=1S/C16H22N2/c1-12(13-7-5-4-6-8-13)17-15-14-9-10-18(11-14)16(15,2)3/h4-8,12,14H,9-11H2,1-3H3. The van der Waals surface area contributed by atoms with E-state index in [0.29, 0.717) is 5.92 Å². The van der Waals surface area contributed by atoms with Crippen LogP contribution in [-0.4, -0.2) is 29.2 Å². The predicted molar refractivity (Wildman–Crippen MR) is 76.1 cm³/mol. The number of aliphatic imine (C=N–C) groups is 1. The van der Waals surface area contributed by atoms with Crippen LogP contribution in [0, 0.1) is 5.92 Å². The number of nitrogens with zero attached hydrogens (tertiary/aromatic N) is 2. The first-order chi connectivity index (χ1) is 8.59. The second-order valence-electron chi connectivity index (χ2n) is 6.09. The molecule has 3 atom stereocenters. The molecule has 0 N–H and O–H groups in total. The predicted octanol–water partition coefficient (Wildman–Crippen LogP) is 3.30. The van der Waals surface area contributed by atoms with Gasteiger partial charge in [0.2, 0.25) is 0 Å². The average molecular weight is 242 g/mol. The largest absolute Gasteiger partial charge is 0.292 e. The van der Waals surface area contributed by atoms with Gasteiger partial charge in [-0.1, -0.05) is 30.3 Å². The van der Waals surface area contributed by atoms with Crippen molar-refractivity contribution in [3.05, 3.63) is 35.9 Å². The van der Waals surface area contributed by atoms with Gasteiger partial charge in [0.05, 0.1) is 11.6 Å². The van der Waals surface area contributed by atoms with Gasteiger partial charge in [-0.2, -0.15) is 0 Å². The van der Waals surface area contributed by atoms with Crippen molar-refractivity contribution in [3.8, 4) is 0 Å². The highest BCUT2D eigenvalue weighted by Crippen LogP contribution is 2.39. The number of hydrogen-bond donors (Lipinski definition) is 0. The number of rotatable bonds is 2. The Hall–Kier alpha value is -1.15. The monoisotopic (exact) mass is 242 g/mol. The third-order valence-corrected chi connectivity index (χ3v) is 4.61. The number of benzene rings is 1.